The Labute approximate surface area is 174 Å². The van der Waals surface area contributed by atoms with Crippen LogP contribution in [0.4, 0.5) is 5.00 Å². The molecule has 0 amide bonds. The van der Waals surface area contributed by atoms with E-state index in [2.05, 4.69) is 55.2 Å². The first kappa shape index (κ1) is 19.5. The van der Waals surface area contributed by atoms with Crippen LogP contribution in [-0.4, -0.2) is 53.4 Å². The maximum absolute atomic E-state index is 5.33. The second kappa shape index (κ2) is 9.60. The van der Waals surface area contributed by atoms with Crippen LogP contribution in [0, 0.1) is 0 Å². The van der Waals surface area contributed by atoms with Gasteiger partial charge in [-0.3, -0.25) is 10.1 Å². The third-order valence-electron chi connectivity index (χ3n) is 4.89. The lowest BCUT2D eigenvalue weighted by Crippen LogP contribution is -2.48. The van der Waals surface area contributed by atoms with Crippen molar-refractivity contribution < 1.29 is 4.42 Å². The van der Waals surface area contributed by atoms with Crippen LogP contribution in [0.2, 0.25) is 0 Å². The monoisotopic (exact) mass is 413 g/mol. The molecule has 1 fully saturated rings. The molecule has 4 heterocycles. The third-order valence-corrected chi connectivity index (χ3v) is 5.82. The Morgan fingerprint density at radius 3 is 2.97 bits per heavy atom. The number of aromatic amines is 1. The molecular formula is C20H27N7OS. The highest BCUT2D eigenvalue weighted by atomic mass is 32.1. The first-order chi connectivity index (χ1) is 14.3. The molecule has 0 spiro atoms. The lowest BCUT2D eigenvalue weighted by Gasteiger charge is -2.33. The molecule has 0 aromatic carbocycles. The topological polar surface area (TPSA) is 94.4 Å². The molecule has 8 nitrogen and oxygen atoms in total. The zero-order chi connectivity index (χ0) is 19.9. The molecule has 0 unspecified atom stereocenters. The van der Waals surface area contributed by atoms with Gasteiger partial charge in [0.2, 0.25) is 5.82 Å². The highest BCUT2D eigenvalue weighted by Crippen LogP contribution is 2.24. The van der Waals surface area contributed by atoms with E-state index in [0.29, 0.717) is 30.6 Å². The number of guanidine groups is 1. The second-order valence-electron chi connectivity index (χ2n) is 6.95. The first-order valence-electron chi connectivity index (χ1n) is 10.1. The van der Waals surface area contributed by atoms with E-state index in [9.17, 15) is 0 Å². The summed E-state index contributed by atoms with van der Waals surface area (Å²) in [4.78, 5) is 11.7. The van der Waals surface area contributed by atoms with Crippen LogP contribution >= 0.6 is 11.3 Å². The van der Waals surface area contributed by atoms with E-state index in [1.54, 1.807) is 6.26 Å². The highest BCUT2D eigenvalue weighted by Gasteiger charge is 2.20. The molecule has 29 heavy (non-hydrogen) atoms. The number of nitrogens with zero attached hydrogens (tertiary/aromatic N) is 4. The van der Waals surface area contributed by atoms with Crippen molar-refractivity contribution in [3.8, 4) is 11.6 Å². The lowest BCUT2D eigenvalue weighted by molar-refractivity contribution is 0.463. The SMILES string of the molecule is CCNC(=NCCc1nc(-c2ccco2)n[nH]1)NC1CCN(c2cccs2)CC1. The van der Waals surface area contributed by atoms with Gasteiger partial charge in [-0.25, -0.2) is 4.98 Å². The van der Waals surface area contributed by atoms with E-state index in [1.807, 2.05) is 23.5 Å². The zero-order valence-electron chi connectivity index (χ0n) is 16.6. The van der Waals surface area contributed by atoms with E-state index in [4.69, 9.17) is 9.41 Å². The Morgan fingerprint density at radius 2 is 2.24 bits per heavy atom. The third kappa shape index (κ3) is 5.17. The standard InChI is InChI=1S/C20H27N7OS/c1-2-21-20(23-15-8-11-27(12-9-15)18-6-4-14-29-18)22-10-7-17-24-19(26-25-17)16-5-3-13-28-16/h3-6,13-15H,2,7-12H2,1H3,(H2,21,22,23)(H,24,25,26). The molecule has 1 aliphatic heterocycles. The molecule has 0 bridgehead atoms. The van der Waals surface area contributed by atoms with E-state index < -0.39 is 0 Å². The number of aromatic nitrogens is 3. The number of H-pyrrole nitrogens is 1. The molecule has 0 aliphatic carbocycles. The van der Waals surface area contributed by atoms with Crippen molar-refractivity contribution in [2.45, 2.75) is 32.2 Å². The Balaban J connectivity index is 1.27. The van der Waals surface area contributed by atoms with Gasteiger partial charge in [0.05, 0.1) is 11.3 Å². The van der Waals surface area contributed by atoms with Crippen molar-refractivity contribution >= 4 is 22.3 Å². The van der Waals surface area contributed by atoms with Crippen molar-refractivity contribution in [2.24, 2.45) is 4.99 Å². The minimum atomic E-state index is 0.444. The number of rotatable bonds is 7. The summed E-state index contributed by atoms with van der Waals surface area (Å²) in [5.74, 6) is 2.92. The van der Waals surface area contributed by atoms with Crippen molar-refractivity contribution in [1.82, 2.24) is 25.8 Å². The lowest BCUT2D eigenvalue weighted by atomic mass is 10.1. The molecule has 154 valence electrons. The summed E-state index contributed by atoms with van der Waals surface area (Å²) in [7, 11) is 0. The van der Waals surface area contributed by atoms with Crippen LogP contribution in [0.1, 0.15) is 25.6 Å². The largest absolute Gasteiger partial charge is 0.461 e. The van der Waals surface area contributed by atoms with Crippen molar-refractivity contribution in [2.75, 3.05) is 31.1 Å². The normalized spacial score (nSPS) is 15.6. The molecule has 0 saturated carbocycles. The number of furan rings is 1. The molecule has 0 atom stereocenters. The number of anilines is 1. The molecular weight excluding hydrogens is 386 g/mol. The van der Waals surface area contributed by atoms with E-state index in [-0.39, 0.29) is 0 Å². The van der Waals surface area contributed by atoms with E-state index in [1.165, 1.54) is 5.00 Å². The van der Waals surface area contributed by atoms with Crippen molar-refractivity contribution in [1.29, 1.82) is 0 Å². The molecule has 3 aromatic rings. The van der Waals surface area contributed by atoms with Gasteiger partial charge in [0.1, 0.15) is 5.82 Å². The van der Waals surface area contributed by atoms with Gasteiger partial charge in [-0.05, 0) is 49.4 Å². The molecule has 1 aliphatic rings. The van der Waals surface area contributed by atoms with Crippen LogP contribution in [0.3, 0.4) is 0 Å². The summed E-state index contributed by atoms with van der Waals surface area (Å²) >= 11 is 1.81. The van der Waals surface area contributed by atoms with Crippen LogP contribution in [0.15, 0.2) is 45.3 Å². The average Bonchev–Trinajstić information content (AvgIpc) is 3.50. The Kier molecular flexibility index (Phi) is 6.45. The first-order valence-corrected chi connectivity index (χ1v) is 11.0. The second-order valence-corrected chi connectivity index (χ2v) is 7.88. The van der Waals surface area contributed by atoms with Crippen LogP contribution in [-0.2, 0) is 6.42 Å². The maximum Gasteiger partial charge on any atom is 0.216 e. The quantitative estimate of drug-likeness (QED) is 0.407. The van der Waals surface area contributed by atoms with Gasteiger partial charge in [0.25, 0.3) is 0 Å². The number of aliphatic imine (C=N–C) groups is 1. The van der Waals surface area contributed by atoms with Gasteiger partial charge in [-0.15, -0.1) is 11.3 Å². The number of hydrogen-bond acceptors (Lipinski definition) is 6. The van der Waals surface area contributed by atoms with Gasteiger partial charge in [-0.2, -0.15) is 5.10 Å². The fourth-order valence-electron chi connectivity index (χ4n) is 3.40. The van der Waals surface area contributed by atoms with E-state index in [0.717, 1.165) is 44.3 Å². The van der Waals surface area contributed by atoms with Crippen LogP contribution in [0.5, 0.6) is 0 Å². The van der Waals surface area contributed by atoms with Crippen LogP contribution in [0.25, 0.3) is 11.6 Å². The number of nitrogens with one attached hydrogen (secondary N) is 3. The fourth-order valence-corrected chi connectivity index (χ4v) is 4.19. The van der Waals surface area contributed by atoms with Gasteiger partial charge in [0.15, 0.2) is 11.7 Å². The molecule has 9 heteroatoms. The molecule has 3 N–H and O–H groups in total. The van der Waals surface area contributed by atoms with Crippen molar-refractivity contribution in [3.63, 3.8) is 0 Å². The summed E-state index contributed by atoms with van der Waals surface area (Å²) in [6, 6.07) is 8.44. The van der Waals surface area contributed by atoms with Gasteiger partial charge < -0.3 is 20.0 Å². The Bertz CT molecular complexity index is 880. The fraction of sp³-hybridized carbons (Fsp3) is 0.450. The molecule has 4 rings (SSSR count). The summed E-state index contributed by atoms with van der Waals surface area (Å²) in [6.45, 7) is 5.71. The van der Waals surface area contributed by atoms with E-state index >= 15 is 0 Å². The Morgan fingerprint density at radius 1 is 1.34 bits per heavy atom. The smallest absolute Gasteiger partial charge is 0.216 e. The van der Waals surface area contributed by atoms with Crippen molar-refractivity contribution in [3.05, 3.63) is 41.7 Å². The predicted octanol–water partition coefficient (Wildman–Crippen LogP) is 2.89. The zero-order valence-corrected chi connectivity index (χ0v) is 17.4. The minimum absolute atomic E-state index is 0.444. The summed E-state index contributed by atoms with van der Waals surface area (Å²) in [6.07, 6.45) is 4.53. The molecule has 3 aromatic heterocycles. The minimum Gasteiger partial charge on any atom is -0.461 e. The highest BCUT2D eigenvalue weighted by molar-refractivity contribution is 7.14. The molecule has 1 saturated heterocycles. The summed E-state index contributed by atoms with van der Waals surface area (Å²) in [5.41, 5.74) is 0. The number of hydrogen-bond donors (Lipinski definition) is 3. The Hall–Kier alpha value is -2.81. The average molecular weight is 414 g/mol. The predicted molar refractivity (Wildman–Crippen MR) is 116 cm³/mol. The summed E-state index contributed by atoms with van der Waals surface area (Å²) < 4.78 is 5.33. The van der Waals surface area contributed by atoms with Gasteiger partial charge >= 0.3 is 0 Å². The number of thiophene rings is 1. The van der Waals surface area contributed by atoms with Crippen LogP contribution < -0.4 is 15.5 Å². The van der Waals surface area contributed by atoms with Gasteiger partial charge in [-0.1, -0.05) is 0 Å². The maximum atomic E-state index is 5.33. The molecule has 0 radical (unpaired) electrons. The number of piperidine rings is 1. The van der Waals surface area contributed by atoms with Gasteiger partial charge in [0, 0.05) is 38.6 Å². The summed E-state index contributed by atoms with van der Waals surface area (Å²) in [5, 5.41) is 17.6.